The standard InChI is InChI=1S/C12H20N2O4S3/c1-3-18-10-8-14(5-4-6-17-2)20-12-9(10)7-11(19-12)21(13,15)16/h7,10H,3-6,8H2,1-2H3,(H2,13,15,16)/t10-/m0/s1. The highest BCUT2D eigenvalue weighted by atomic mass is 32.3. The van der Waals surface area contributed by atoms with E-state index in [-0.39, 0.29) is 10.3 Å². The molecule has 2 rings (SSSR count). The van der Waals surface area contributed by atoms with Crippen LogP contribution in [-0.2, 0) is 19.5 Å². The van der Waals surface area contributed by atoms with Crippen LogP contribution in [0.3, 0.4) is 0 Å². The third-order valence-corrected chi connectivity index (χ3v) is 6.87. The Kier molecular flexibility index (Phi) is 6.06. The number of ether oxygens (including phenoxy) is 2. The Morgan fingerprint density at radius 1 is 1.52 bits per heavy atom. The number of nitrogens with zero attached hydrogens (tertiary/aromatic N) is 1. The van der Waals surface area contributed by atoms with Crippen LogP contribution in [0.15, 0.2) is 14.5 Å². The summed E-state index contributed by atoms with van der Waals surface area (Å²) in [5.74, 6) is 0. The zero-order valence-corrected chi connectivity index (χ0v) is 14.5. The normalized spacial score (nSPS) is 19.7. The smallest absolute Gasteiger partial charge is 0.247 e. The molecule has 1 aromatic heterocycles. The topological polar surface area (TPSA) is 81.9 Å². The second-order valence-electron chi connectivity index (χ2n) is 4.62. The lowest BCUT2D eigenvalue weighted by Gasteiger charge is -2.31. The summed E-state index contributed by atoms with van der Waals surface area (Å²) < 4.78 is 37.2. The second-order valence-corrected chi connectivity index (χ2v) is 8.83. The van der Waals surface area contributed by atoms with Gasteiger partial charge in [0, 0.05) is 39.0 Å². The maximum Gasteiger partial charge on any atom is 0.247 e. The molecule has 6 nitrogen and oxygen atoms in total. The number of hydrogen-bond acceptors (Lipinski definition) is 7. The van der Waals surface area contributed by atoms with Crippen molar-refractivity contribution in [2.45, 2.75) is 27.9 Å². The molecule has 0 bridgehead atoms. The summed E-state index contributed by atoms with van der Waals surface area (Å²) >= 11 is 2.78. The quantitative estimate of drug-likeness (QED) is 0.595. The maximum atomic E-state index is 11.5. The maximum absolute atomic E-state index is 11.5. The first kappa shape index (κ1) is 17.2. The fraction of sp³-hybridized carbons (Fsp3) is 0.667. The molecule has 0 fully saturated rings. The summed E-state index contributed by atoms with van der Waals surface area (Å²) in [6, 6.07) is 1.65. The van der Waals surface area contributed by atoms with Crippen molar-refractivity contribution in [1.82, 2.24) is 4.31 Å². The van der Waals surface area contributed by atoms with E-state index in [1.54, 1.807) is 25.1 Å². The number of thiophene rings is 1. The lowest BCUT2D eigenvalue weighted by atomic mass is 10.2. The molecule has 1 aliphatic rings. The van der Waals surface area contributed by atoms with Gasteiger partial charge >= 0.3 is 0 Å². The van der Waals surface area contributed by atoms with Gasteiger partial charge in [-0.25, -0.2) is 17.9 Å². The summed E-state index contributed by atoms with van der Waals surface area (Å²) in [6.45, 7) is 4.82. The van der Waals surface area contributed by atoms with E-state index in [0.29, 0.717) is 13.2 Å². The molecule has 0 unspecified atom stereocenters. The van der Waals surface area contributed by atoms with E-state index in [1.165, 1.54) is 11.3 Å². The predicted molar refractivity (Wildman–Crippen MR) is 84.0 cm³/mol. The van der Waals surface area contributed by atoms with Gasteiger partial charge in [-0.3, -0.25) is 0 Å². The van der Waals surface area contributed by atoms with E-state index in [4.69, 9.17) is 14.6 Å². The number of hydrogen-bond donors (Lipinski definition) is 1. The molecule has 0 radical (unpaired) electrons. The van der Waals surface area contributed by atoms with E-state index >= 15 is 0 Å². The van der Waals surface area contributed by atoms with Crippen LogP contribution in [0.1, 0.15) is 25.0 Å². The average Bonchev–Trinajstić information content (AvgIpc) is 2.83. The summed E-state index contributed by atoms with van der Waals surface area (Å²) in [5, 5.41) is 5.22. The number of methoxy groups -OCH3 is 1. The Morgan fingerprint density at radius 2 is 2.29 bits per heavy atom. The molecule has 1 atom stereocenters. The molecule has 1 aliphatic heterocycles. The summed E-state index contributed by atoms with van der Waals surface area (Å²) in [6.07, 6.45) is 0.811. The van der Waals surface area contributed by atoms with Crippen LogP contribution in [0.4, 0.5) is 0 Å². The van der Waals surface area contributed by atoms with Crippen LogP contribution in [0, 0.1) is 0 Å². The van der Waals surface area contributed by atoms with Gasteiger partial charge in [0.1, 0.15) is 4.21 Å². The van der Waals surface area contributed by atoms with E-state index in [0.717, 1.165) is 29.3 Å². The van der Waals surface area contributed by atoms with Gasteiger partial charge in [-0.15, -0.1) is 11.3 Å². The van der Waals surface area contributed by atoms with Crippen LogP contribution in [0.25, 0.3) is 0 Å². The summed E-state index contributed by atoms with van der Waals surface area (Å²) in [4.78, 5) is 0. The van der Waals surface area contributed by atoms with Gasteiger partial charge in [0.25, 0.3) is 0 Å². The zero-order valence-electron chi connectivity index (χ0n) is 12.1. The van der Waals surface area contributed by atoms with Gasteiger partial charge < -0.3 is 9.47 Å². The highest BCUT2D eigenvalue weighted by Gasteiger charge is 2.30. The van der Waals surface area contributed by atoms with Gasteiger partial charge in [-0.2, -0.15) is 0 Å². The predicted octanol–water partition coefficient (Wildman–Crippen LogP) is 1.83. The Hall–Kier alpha value is -0.160. The van der Waals surface area contributed by atoms with Crippen LogP contribution in [0.2, 0.25) is 0 Å². The van der Waals surface area contributed by atoms with Crippen LogP contribution in [-0.4, -0.2) is 46.1 Å². The Labute approximate surface area is 133 Å². The minimum absolute atomic E-state index is 0.111. The molecule has 120 valence electrons. The van der Waals surface area contributed by atoms with Crippen LogP contribution >= 0.6 is 23.3 Å². The Morgan fingerprint density at radius 3 is 2.90 bits per heavy atom. The molecule has 0 saturated carbocycles. The first-order chi connectivity index (χ1) is 9.95. The number of rotatable bonds is 7. The molecule has 0 amide bonds. The minimum atomic E-state index is -3.66. The van der Waals surface area contributed by atoms with Gasteiger partial charge in [0.05, 0.1) is 10.3 Å². The van der Waals surface area contributed by atoms with Crippen molar-refractivity contribution in [2.24, 2.45) is 5.14 Å². The molecule has 21 heavy (non-hydrogen) atoms. The third kappa shape index (κ3) is 4.41. The minimum Gasteiger partial charge on any atom is -0.385 e. The van der Waals surface area contributed by atoms with Gasteiger partial charge in [-0.1, -0.05) is 0 Å². The van der Waals surface area contributed by atoms with Crippen molar-refractivity contribution in [2.75, 3.05) is 33.4 Å². The summed E-state index contributed by atoms with van der Waals surface area (Å²) in [5.41, 5.74) is 0.930. The Balaban J connectivity index is 2.19. The molecule has 1 aromatic rings. The highest BCUT2D eigenvalue weighted by Crippen LogP contribution is 2.44. The molecule has 2 N–H and O–H groups in total. The number of sulfonamides is 1. The molecule has 0 spiro atoms. The number of primary sulfonamides is 1. The molecular formula is C12H20N2O4S3. The molecule has 2 heterocycles. The van der Waals surface area contributed by atoms with E-state index in [1.807, 2.05) is 6.92 Å². The van der Waals surface area contributed by atoms with Crippen molar-refractivity contribution in [3.63, 3.8) is 0 Å². The van der Waals surface area contributed by atoms with Crippen molar-refractivity contribution in [3.8, 4) is 0 Å². The largest absolute Gasteiger partial charge is 0.385 e. The lowest BCUT2D eigenvalue weighted by molar-refractivity contribution is 0.0451. The molecular weight excluding hydrogens is 332 g/mol. The molecule has 0 saturated heterocycles. The van der Waals surface area contributed by atoms with Gasteiger partial charge in [-0.05, 0) is 31.4 Å². The third-order valence-electron chi connectivity index (χ3n) is 3.03. The van der Waals surface area contributed by atoms with Gasteiger partial charge in [0.15, 0.2) is 0 Å². The van der Waals surface area contributed by atoms with E-state index in [9.17, 15) is 8.42 Å². The highest BCUT2D eigenvalue weighted by molar-refractivity contribution is 7.99. The zero-order chi connectivity index (χ0) is 15.5. The number of fused-ring (bicyclic) bond motifs is 1. The molecule has 0 aliphatic carbocycles. The lowest BCUT2D eigenvalue weighted by Crippen LogP contribution is -2.29. The van der Waals surface area contributed by atoms with Crippen LogP contribution < -0.4 is 5.14 Å². The Bertz CT molecular complexity index is 573. The number of nitrogens with two attached hydrogens (primary N) is 1. The monoisotopic (exact) mass is 352 g/mol. The fourth-order valence-corrected chi connectivity index (χ4v) is 5.64. The van der Waals surface area contributed by atoms with Crippen molar-refractivity contribution in [3.05, 3.63) is 11.6 Å². The SMILES string of the molecule is CCO[C@H]1CN(CCCOC)Sc2sc(S(N)(=O)=O)cc21. The summed E-state index contributed by atoms with van der Waals surface area (Å²) in [7, 11) is -1.98. The van der Waals surface area contributed by atoms with Crippen molar-refractivity contribution in [1.29, 1.82) is 0 Å². The van der Waals surface area contributed by atoms with Gasteiger partial charge in [0.2, 0.25) is 10.0 Å². The van der Waals surface area contributed by atoms with E-state index in [2.05, 4.69) is 4.31 Å². The second kappa shape index (κ2) is 7.40. The molecule has 9 heteroatoms. The molecule has 0 aromatic carbocycles. The average molecular weight is 353 g/mol. The van der Waals surface area contributed by atoms with E-state index < -0.39 is 10.0 Å². The fourth-order valence-electron chi connectivity index (χ4n) is 2.11. The van der Waals surface area contributed by atoms with Crippen LogP contribution in [0.5, 0.6) is 0 Å². The first-order valence-electron chi connectivity index (χ1n) is 6.65. The first-order valence-corrected chi connectivity index (χ1v) is 9.79. The van der Waals surface area contributed by atoms with Crippen molar-refractivity contribution < 1.29 is 17.9 Å². The van der Waals surface area contributed by atoms with Crippen molar-refractivity contribution >= 4 is 33.3 Å².